The molecule has 21 heavy (non-hydrogen) atoms. The summed E-state index contributed by atoms with van der Waals surface area (Å²) in [4.78, 5) is 8.82. The first-order valence-corrected chi connectivity index (χ1v) is 8.02. The second kappa shape index (κ2) is 8.70. The molecule has 3 N–H and O–H groups in total. The average molecular weight is 286 g/mol. The molecule has 1 unspecified atom stereocenters. The first kappa shape index (κ1) is 15.9. The summed E-state index contributed by atoms with van der Waals surface area (Å²) in [6, 6.07) is 6.26. The number of unbranched alkanes of at least 4 members (excludes halogenated alkanes) is 5. The Hall–Kier alpha value is -1.52. The van der Waals surface area contributed by atoms with E-state index in [0.717, 1.165) is 23.0 Å². The standard InChI is InChI=1S/C17H26N4/c1-2-3-4-5-6-7-10-15(21-18)14-9-8-11-16-17(14)20-13-12-19-16/h8-9,11-13,15,21H,2-7,10,18H2,1H3. The van der Waals surface area contributed by atoms with Gasteiger partial charge in [-0.2, -0.15) is 0 Å². The van der Waals surface area contributed by atoms with E-state index in [4.69, 9.17) is 5.84 Å². The quantitative estimate of drug-likeness (QED) is 0.417. The van der Waals surface area contributed by atoms with E-state index in [9.17, 15) is 0 Å². The smallest absolute Gasteiger partial charge is 0.0935 e. The van der Waals surface area contributed by atoms with Gasteiger partial charge in [0.1, 0.15) is 0 Å². The van der Waals surface area contributed by atoms with Gasteiger partial charge in [0, 0.05) is 18.4 Å². The molecule has 2 rings (SSSR count). The highest BCUT2D eigenvalue weighted by atomic mass is 15.2. The number of nitrogens with zero attached hydrogens (tertiary/aromatic N) is 2. The van der Waals surface area contributed by atoms with Crippen molar-refractivity contribution in [2.75, 3.05) is 0 Å². The summed E-state index contributed by atoms with van der Waals surface area (Å²) >= 11 is 0. The molecule has 0 aliphatic carbocycles. The highest BCUT2D eigenvalue weighted by molar-refractivity contribution is 5.78. The van der Waals surface area contributed by atoms with Crippen LogP contribution in [0.1, 0.15) is 63.5 Å². The van der Waals surface area contributed by atoms with Gasteiger partial charge in [0.25, 0.3) is 0 Å². The first-order valence-electron chi connectivity index (χ1n) is 8.02. The summed E-state index contributed by atoms with van der Waals surface area (Å²) < 4.78 is 0. The van der Waals surface area contributed by atoms with Crippen molar-refractivity contribution >= 4 is 11.0 Å². The van der Waals surface area contributed by atoms with Gasteiger partial charge in [0.2, 0.25) is 0 Å². The normalized spacial score (nSPS) is 12.7. The van der Waals surface area contributed by atoms with Crippen LogP contribution in [0.3, 0.4) is 0 Å². The third-order valence-corrected chi connectivity index (χ3v) is 3.95. The maximum atomic E-state index is 5.76. The fraction of sp³-hybridized carbons (Fsp3) is 0.529. The molecule has 0 fully saturated rings. The van der Waals surface area contributed by atoms with Crippen LogP contribution in [0, 0.1) is 0 Å². The number of hydrogen-bond acceptors (Lipinski definition) is 4. The van der Waals surface area contributed by atoms with Crippen LogP contribution in [0.15, 0.2) is 30.6 Å². The zero-order valence-electron chi connectivity index (χ0n) is 12.9. The minimum absolute atomic E-state index is 0.150. The number of fused-ring (bicyclic) bond motifs is 1. The maximum absolute atomic E-state index is 5.76. The van der Waals surface area contributed by atoms with E-state index in [-0.39, 0.29) is 6.04 Å². The van der Waals surface area contributed by atoms with Crippen LogP contribution in [0.5, 0.6) is 0 Å². The lowest BCUT2D eigenvalue weighted by Gasteiger charge is -2.17. The zero-order chi connectivity index (χ0) is 14.9. The van der Waals surface area contributed by atoms with Gasteiger partial charge >= 0.3 is 0 Å². The Labute approximate surface area is 127 Å². The molecular weight excluding hydrogens is 260 g/mol. The lowest BCUT2D eigenvalue weighted by molar-refractivity contribution is 0.479. The second-order valence-electron chi connectivity index (χ2n) is 5.55. The Morgan fingerprint density at radius 3 is 2.62 bits per heavy atom. The van der Waals surface area contributed by atoms with Crippen molar-refractivity contribution < 1.29 is 0 Å². The third-order valence-electron chi connectivity index (χ3n) is 3.95. The molecule has 0 radical (unpaired) electrons. The molecule has 0 amide bonds. The zero-order valence-corrected chi connectivity index (χ0v) is 12.9. The predicted molar refractivity (Wildman–Crippen MR) is 87.6 cm³/mol. The van der Waals surface area contributed by atoms with Crippen LogP contribution in [0.4, 0.5) is 0 Å². The van der Waals surface area contributed by atoms with E-state index in [2.05, 4.69) is 28.4 Å². The highest BCUT2D eigenvalue weighted by Crippen LogP contribution is 2.25. The molecule has 1 atom stereocenters. The van der Waals surface area contributed by atoms with Crippen molar-refractivity contribution in [1.82, 2.24) is 15.4 Å². The number of para-hydroxylation sites is 1. The molecule has 0 aliphatic heterocycles. The highest BCUT2D eigenvalue weighted by Gasteiger charge is 2.13. The fourth-order valence-corrected chi connectivity index (χ4v) is 2.75. The van der Waals surface area contributed by atoms with Crippen LogP contribution in [0.2, 0.25) is 0 Å². The van der Waals surface area contributed by atoms with Crippen LogP contribution in [-0.4, -0.2) is 9.97 Å². The second-order valence-corrected chi connectivity index (χ2v) is 5.55. The predicted octanol–water partition coefficient (Wildman–Crippen LogP) is 3.88. The first-order chi connectivity index (χ1) is 10.4. The van der Waals surface area contributed by atoms with Gasteiger partial charge in [-0.3, -0.25) is 21.2 Å². The lowest BCUT2D eigenvalue weighted by atomic mass is 9.98. The summed E-state index contributed by atoms with van der Waals surface area (Å²) in [5.41, 5.74) is 5.98. The molecule has 1 aromatic carbocycles. The molecule has 0 bridgehead atoms. The van der Waals surface area contributed by atoms with Crippen LogP contribution in [-0.2, 0) is 0 Å². The number of nitrogens with one attached hydrogen (secondary N) is 1. The van der Waals surface area contributed by atoms with Gasteiger partial charge < -0.3 is 0 Å². The monoisotopic (exact) mass is 286 g/mol. The van der Waals surface area contributed by atoms with Gasteiger partial charge in [-0.1, -0.05) is 57.6 Å². The number of rotatable bonds is 9. The minimum atomic E-state index is 0.150. The molecule has 2 aromatic rings. The summed E-state index contributed by atoms with van der Waals surface area (Å²) in [5.74, 6) is 5.76. The van der Waals surface area contributed by atoms with Crippen molar-refractivity contribution in [2.24, 2.45) is 5.84 Å². The van der Waals surface area contributed by atoms with Crippen LogP contribution >= 0.6 is 0 Å². The molecule has 0 spiro atoms. The van der Waals surface area contributed by atoms with Crippen molar-refractivity contribution in [3.63, 3.8) is 0 Å². The Bertz CT molecular complexity index is 536. The number of hydrogen-bond donors (Lipinski definition) is 2. The van der Waals surface area contributed by atoms with E-state index in [1.807, 2.05) is 12.1 Å². The van der Waals surface area contributed by atoms with Crippen molar-refractivity contribution in [1.29, 1.82) is 0 Å². The summed E-state index contributed by atoms with van der Waals surface area (Å²) in [7, 11) is 0. The average Bonchev–Trinajstić information content (AvgIpc) is 2.54. The molecular formula is C17H26N4. The van der Waals surface area contributed by atoms with Crippen LogP contribution < -0.4 is 11.3 Å². The number of aromatic nitrogens is 2. The van der Waals surface area contributed by atoms with E-state index in [1.54, 1.807) is 12.4 Å². The SMILES string of the molecule is CCCCCCCCC(NN)c1cccc2nccnc12. The Morgan fingerprint density at radius 1 is 1.05 bits per heavy atom. The van der Waals surface area contributed by atoms with E-state index < -0.39 is 0 Å². The van der Waals surface area contributed by atoms with Crippen molar-refractivity contribution in [3.8, 4) is 0 Å². The topological polar surface area (TPSA) is 63.8 Å². The molecule has 4 nitrogen and oxygen atoms in total. The van der Waals surface area contributed by atoms with Gasteiger partial charge in [0.15, 0.2) is 0 Å². The van der Waals surface area contributed by atoms with E-state index in [0.29, 0.717) is 0 Å². The van der Waals surface area contributed by atoms with Gasteiger partial charge in [-0.25, -0.2) is 0 Å². The molecule has 0 saturated carbocycles. The van der Waals surface area contributed by atoms with Gasteiger partial charge in [-0.15, -0.1) is 0 Å². The third kappa shape index (κ3) is 4.48. The van der Waals surface area contributed by atoms with Crippen LogP contribution in [0.25, 0.3) is 11.0 Å². The Balaban J connectivity index is 1.96. The molecule has 4 heteroatoms. The molecule has 114 valence electrons. The lowest BCUT2D eigenvalue weighted by Crippen LogP contribution is -2.28. The van der Waals surface area contributed by atoms with E-state index >= 15 is 0 Å². The molecule has 1 aromatic heterocycles. The molecule has 0 aliphatic rings. The number of hydrazine groups is 1. The Morgan fingerprint density at radius 2 is 1.81 bits per heavy atom. The van der Waals surface area contributed by atoms with Gasteiger partial charge in [0.05, 0.1) is 11.0 Å². The van der Waals surface area contributed by atoms with Crippen molar-refractivity contribution in [3.05, 3.63) is 36.2 Å². The molecule has 1 heterocycles. The van der Waals surface area contributed by atoms with Crippen molar-refractivity contribution in [2.45, 2.75) is 57.9 Å². The molecule has 0 saturated heterocycles. The number of benzene rings is 1. The largest absolute Gasteiger partial charge is 0.271 e. The Kier molecular flexibility index (Phi) is 6.57. The maximum Gasteiger partial charge on any atom is 0.0935 e. The van der Waals surface area contributed by atoms with E-state index in [1.165, 1.54) is 38.5 Å². The number of nitrogens with two attached hydrogens (primary N) is 1. The summed E-state index contributed by atoms with van der Waals surface area (Å²) in [5, 5.41) is 0. The minimum Gasteiger partial charge on any atom is -0.271 e. The summed E-state index contributed by atoms with van der Waals surface area (Å²) in [6.07, 6.45) is 12.3. The van der Waals surface area contributed by atoms with Gasteiger partial charge in [-0.05, 0) is 18.1 Å². The summed E-state index contributed by atoms with van der Waals surface area (Å²) in [6.45, 7) is 2.25. The fourth-order valence-electron chi connectivity index (χ4n) is 2.75.